The zero-order chi connectivity index (χ0) is 19.8. The summed E-state index contributed by atoms with van der Waals surface area (Å²) < 4.78 is 7.46. The molecule has 1 saturated heterocycles. The van der Waals surface area contributed by atoms with E-state index in [4.69, 9.17) is 16.6 Å². The molecular formula is C23H22BrN3OS. The third kappa shape index (κ3) is 3.60. The summed E-state index contributed by atoms with van der Waals surface area (Å²) in [5, 5.41) is 4.34. The summed E-state index contributed by atoms with van der Waals surface area (Å²) in [6.07, 6.45) is 6.70. The molecule has 2 fully saturated rings. The van der Waals surface area contributed by atoms with Crippen molar-refractivity contribution in [1.29, 1.82) is 0 Å². The molecule has 1 N–H and O–H groups in total. The summed E-state index contributed by atoms with van der Waals surface area (Å²) in [5.74, 6) is 1.80. The van der Waals surface area contributed by atoms with E-state index >= 15 is 0 Å². The van der Waals surface area contributed by atoms with E-state index in [0.717, 1.165) is 32.4 Å². The Morgan fingerprint density at radius 2 is 1.83 bits per heavy atom. The van der Waals surface area contributed by atoms with Crippen LogP contribution in [0.25, 0.3) is 11.3 Å². The van der Waals surface area contributed by atoms with Crippen molar-refractivity contribution >= 4 is 33.3 Å². The van der Waals surface area contributed by atoms with Crippen LogP contribution in [0, 0.1) is 0 Å². The number of hydrogen-bond donors (Lipinski definition) is 1. The molecule has 1 aromatic carbocycles. The van der Waals surface area contributed by atoms with Gasteiger partial charge in [0.25, 0.3) is 0 Å². The Morgan fingerprint density at radius 3 is 2.55 bits per heavy atom. The second-order valence-corrected chi connectivity index (χ2v) is 8.98. The maximum absolute atomic E-state index is 6.40. The summed E-state index contributed by atoms with van der Waals surface area (Å²) in [6, 6.07) is 18.8. The van der Waals surface area contributed by atoms with Gasteiger partial charge in [-0.3, -0.25) is 4.98 Å². The fourth-order valence-corrected chi connectivity index (χ4v) is 5.18. The molecule has 2 aliphatic rings. The van der Waals surface area contributed by atoms with E-state index in [0.29, 0.717) is 6.04 Å². The zero-order valence-corrected chi connectivity index (χ0v) is 18.3. The van der Waals surface area contributed by atoms with Gasteiger partial charge in [-0.15, -0.1) is 0 Å². The predicted octanol–water partition coefficient (Wildman–Crippen LogP) is 6.02. The van der Waals surface area contributed by atoms with Gasteiger partial charge in [0.1, 0.15) is 17.6 Å². The first-order valence-electron chi connectivity index (χ1n) is 10.1. The molecule has 1 aliphatic heterocycles. The van der Waals surface area contributed by atoms with Gasteiger partial charge in [-0.2, -0.15) is 0 Å². The summed E-state index contributed by atoms with van der Waals surface area (Å²) in [7, 11) is 0. The Balaban J connectivity index is 1.54. The molecule has 3 heterocycles. The molecular weight excluding hydrogens is 446 g/mol. The third-order valence-electron chi connectivity index (χ3n) is 5.90. The Bertz CT molecular complexity index is 998. The van der Waals surface area contributed by atoms with Gasteiger partial charge in [0.05, 0.1) is 11.7 Å². The lowest BCUT2D eigenvalue weighted by molar-refractivity contribution is 0.218. The van der Waals surface area contributed by atoms with Crippen LogP contribution in [0.1, 0.15) is 49.2 Å². The van der Waals surface area contributed by atoms with Gasteiger partial charge in [-0.1, -0.05) is 47.0 Å². The minimum Gasteiger partial charge on any atom is -0.459 e. The number of aromatic nitrogens is 1. The van der Waals surface area contributed by atoms with Crippen LogP contribution in [0.5, 0.6) is 0 Å². The van der Waals surface area contributed by atoms with Crippen molar-refractivity contribution in [1.82, 2.24) is 15.2 Å². The van der Waals surface area contributed by atoms with Gasteiger partial charge in [-0.05, 0) is 61.5 Å². The van der Waals surface area contributed by atoms with Gasteiger partial charge < -0.3 is 14.6 Å². The number of halogens is 1. The minimum absolute atomic E-state index is 0.00435. The zero-order valence-electron chi connectivity index (χ0n) is 15.9. The van der Waals surface area contributed by atoms with Gasteiger partial charge >= 0.3 is 0 Å². The van der Waals surface area contributed by atoms with Crippen LogP contribution in [0.4, 0.5) is 0 Å². The van der Waals surface area contributed by atoms with Crippen LogP contribution in [-0.2, 0) is 0 Å². The summed E-state index contributed by atoms with van der Waals surface area (Å²) in [4.78, 5) is 6.98. The van der Waals surface area contributed by atoms with Crippen molar-refractivity contribution in [2.45, 2.75) is 43.8 Å². The number of furan rings is 1. The van der Waals surface area contributed by atoms with Crippen molar-refractivity contribution in [3.05, 3.63) is 76.7 Å². The van der Waals surface area contributed by atoms with E-state index in [1.54, 1.807) is 0 Å². The highest BCUT2D eigenvalue weighted by Crippen LogP contribution is 2.44. The normalized spacial score (nSPS) is 22.2. The fourth-order valence-electron chi connectivity index (χ4n) is 4.53. The molecule has 6 heteroatoms. The van der Waals surface area contributed by atoms with Gasteiger partial charge in [0.2, 0.25) is 0 Å². The maximum atomic E-state index is 6.40. The largest absolute Gasteiger partial charge is 0.459 e. The van der Waals surface area contributed by atoms with Crippen LogP contribution < -0.4 is 5.32 Å². The quantitative estimate of drug-likeness (QED) is 0.475. The number of pyridine rings is 1. The Kier molecular flexibility index (Phi) is 5.14. The molecule has 148 valence electrons. The number of benzene rings is 1. The monoisotopic (exact) mass is 467 g/mol. The highest BCUT2D eigenvalue weighted by atomic mass is 79.9. The standard InChI is InChI=1S/C23H22BrN3OS/c24-16-10-8-15(9-11-16)19-12-13-20(28-19)22-21(18-7-3-4-14-25-18)26-23(29)27(22)17-5-1-2-6-17/h3-4,7-14,17,21-22H,1-2,5-6H2,(H,26,29)/t21-,22+/m0/s1. The first-order chi connectivity index (χ1) is 14.2. The number of nitrogens with zero attached hydrogens (tertiary/aromatic N) is 2. The van der Waals surface area contributed by atoms with Crippen molar-refractivity contribution in [2.75, 3.05) is 0 Å². The molecule has 0 spiro atoms. The highest BCUT2D eigenvalue weighted by Gasteiger charge is 2.45. The lowest BCUT2D eigenvalue weighted by Gasteiger charge is -2.31. The highest BCUT2D eigenvalue weighted by molar-refractivity contribution is 9.10. The fraction of sp³-hybridized carbons (Fsp3) is 0.304. The number of thiocarbonyl (C=S) groups is 1. The van der Waals surface area contributed by atoms with Crippen LogP contribution >= 0.6 is 28.1 Å². The molecule has 2 aromatic heterocycles. The van der Waals surface area contributed by atoms with Crippen molar-refractivity contribution in [3.8, 4) is 11.3 Å². The molecule has 2 atom stereocenters. The predicted molar refractivity (Wildman–Crippen MR) is 121 cm³/mol. The van der Waals surface area contributed by atoms with Crippen LogP contribution in [0.2, 0.25) is 0 Å². The number of hydrogen-bond acceptors (Lipinski definition) is 3. The molecule has 3 aromatic rings. The second-order valence-electron chi connectivity index (χ2n) is 7.68. The van der Waals surface area contributed by atoms with Crippen molar-refractivity contribution in [2.24, 2.45) is 0 Å². The Labute approximate surface area is 184 Å². The first-order valence-corrected chi connectivity index (χ1v) is 11.3. The van der Waals surface area contributed by atoms with E-state index in [2.05, 4.69) is 61.5 Å². The molecule has 1 aliphatic carbocycles. The van der Waals surface area contributed by atoms with Crippen molar-refractivity contribution < 1.29 is 4.42 Å². The van der Waals surface area contributed by atoms with Crippen LogP contribution in [-0.4, -0.2) is 21.0 Å². The molecule has 0 bridgehead atoms. The van der Waals surface area contributed by atoms with E-state index < -0.39 is 0 Å². The van der Waals surface area contributed by atoms with Gasteiger partial charge in [-0.25, -0.2) is 0 Å². The van der Waals surface area contributed by atoms with Gasteiger partial charge in [0, 0.05) is 22.3 Å². The molecule has 0 amide bonds. The molecule has 1 saturated carbocycles. The van der Waals surface area contributed by atoms with Crippen LogP contribution in [0.15, 0.2) is 69.7 Å². The number of rotatable bonds is 4. The Morgan fingerprint density at radius 1 is 1.03 bits per heavy atom. The van der Waals surface area contributed by atoms with Crippen molar-refractivity contribution in [3.63, 3.8) is 0 Å². The number of nitrogens with one attached hydrogen (secondary N) is 1. The van der Waals surface area contributed by atoms with Gasteiger partial charge in [0.15, 0.2) is 5.11 Å². The first kappa shape index (κ1) is 18.8. The smallest absolute Gasteiger partial charge is 0.170 e. The summed E-state index contributed by atoms with van der Waals surface area (Å²) >= 11 is 9.28. The topological polar surface area (TPSA) is 41.3 Å². The van der Waals surface area contributed by atoms with E-state index in [1.807, 2.05) is 30.5 Å². The van der Waals surface area contributed by atoms with Crippen LogP contribution in [0.3, 0.4) is 0 Å². The van der Waals surface area contributed by atoms with E-state index in [9.17, 15) is 0 Å². The SMILES string of the molecule is S=C1N[C@@H](c2ccccn2)[C@@H](c2ccc(-c3ccc(Br)cc3)o2)N1C1CCCC1. The van der Waals surface area contributed by atoms with E-state index in [-0.39, 0.29) is 12.1 Å². The summed E-state index contributed by atoms with van der Waals surface area (Å²) in [6.45, 7) is 0. The molecule has 0 unspecified atom stereocenters. The lowest BCUT2D eigenvalue weighted by atomic mass is 10.0. The second kappa shape index (κ2) is 7.92. The van der Waals surface area contributed by atoms with E-state index in [1.165, 1.54) is 25.7 Å². The molecule has 5 rings (SSSR count). The molecule has 0 radical (unpaired) electrons. The molecule has 29 heavy (non-hydrogen) atoms. The molecule has 4 nitrogen and oxygen atoms in total. The Hall–Kier alpha value is -2.18. The third-order valence-corrected chi connectivity index (χ3v) is 6.76. The maximum Gasteiger partial charge on any atom is 0.170 e. The minimum atomic E-state index is -0.0202. The average molecular weight is 468 g/mol. The lowest BCUT2D eigenvalue weighted by Crippen LogP contribution is -2.37. The summed E-state index contributed by atoms with van der Waals surface area (Å²) in [5.41, 5.74) is 2.05. The average Bonchev–Trinajstić information content (AvgIpc) is 3.48.